The van der Waals surface area contributed by atoms with Crippen molar-refractivity contribution in [2.75, 3.05) is 11.1 Å². The van der Waals surface area contributed by atoms with Gasteiger partial charge < -0.3 is 16.8 Å². The first-order valence-electron chi connectivity index (χ1n) is 5.28. The van der Waals surface area contributed by atoms with Crippen molar-refractivity contribution in [3.8, 4) is 0 Å². The Morgan fingerprint density at radius 2 is 2.33 bits per heavy atom. The summed E-state index contributed by atoms with van der Waals surface area (Å²) in [5.74, 6) is -0.406. The largest absolute Gasteiger partial charge is 0.382 e. The smallest absolute Gasteiger partial charge is 0.255 e. The lowest BCUT2D eigenvalue weighted by Crippen LogP contribution is -2.14. The number of aryl methyl sites for hydroxylation is 1. The number of hydrogen-bond acceptors (Lipinski definition) is 6. The number of nitrogens with one attached hydrogen (secondary N) is 1. The number of nitrogen functional groups attached to an aromatic ring is 1. The fourth-order valence-corrected chi connectivity index (χ4v) is 2.25. The van der Waals surface area contributed by atoms with Crippen LogP contribution in [0.15, 0.2) is 18.5 Å². The molecule has 0 aliphatic carbocycles. The van der Waals surface area contributed by atoms with E-state index >= 15 is 0 Å². The van der Waals surface area contributed by atoms with Crippen molar-refractivity contribution in [3.63, 3.8) is 0 Å². The summed E-state index contributed by atoms with van der Waals surface area (Å²) in [6.07, 6.45) is 3.51. The second kappa shape index (κ2) is 5.01. The summed E-state index contributed by atoms with van der Waals surface area (Å²) in [7, 11) is 0. The lowest BCUT2D eigenvalue weighted by molar-refractivity contribution is 0.100. The molecule has 5 N–H and O–H groups in total. The lowest BCUT2D eigenvalue weighted by atomic mass is 10.1. The second-order valence-electron chi connectivity index (χ2n) is 3.79. The molecule has 94 valence electrons. The van der Waals surface area contributed by atoms with Gasteiger partial charge in [-0.05, 0) is 35.6 Å². The molecular weight excluding hydrogens is 250 g/mol. The predicted molar refractivity (Wildman–Crippen MR) is 71.3 cm³/mol. The fraction of sp³-hybridized carbons (Fsp3) is 0.182. The minimum atomic E-state index is -0.574. The van der Waals surface area contributed by atoms with Gasteiger partial charge in [0.05, 0.1) is 0 Å². The molecule has 6 nitrogen and oxygen atoms in total. The van der Waals surface area contributed by atoms with Gasteiger partial charge in [0.1, 0.15) is 10.6 Å². The van der Waals surface area contributed by atoms with E-state index in [-0.39, 0.29) is 11.4 Å². The molecule has 0 spiro atoms. The van der Waals surface area contributed by atoms with Gasteiger partial charge in [-0.15, -0.1) is 0 Å². The number of nitrogens with zero attached hydrogens (tertiary/aromatic N) is 2. The molecule has 0 saturated heterocycles. The fourth-order valence-electron chi connectivity index (χ4n) is 1.54. The molecule has 0 radical (unpaired) electrons. The molecule has 0 aromatic carbocycles. The number of primary amides is 1. The van der Waals surface area contributed by atoms with Crippen LogP contribution in [0.5, 0.6) is 0 Å². The molecule has 2 rings (SSSR count). The van der Waals surface area contributed by atoms with Gasteiger partial charge in [-0.2, -0.15) is 4.37 Å². The van der Waals surface area contributed by atoms with Crippen LogP contribution in [0.4, 0.5) is 10.8 Å². The van der Waals surface area contributed by atoms with Crippen molar-refractivity contribution >= 4 is 28.3 Å². The van der Waals surface area contributed by atoms with Crippen LogP contribution in [-0.2, 0) is 6.54 Å². The van der Waals surface area contributed by atoms with Gasteiger partial charge in [-0.25, -0.2) is 0 Å². The van der Waals surface area contributed by atoms with Gasteiger partial charge in [0.15, 0.2) is 5.82 Å². The third-order valence-electron chi connectivity index (χ3n) is 2.54. The van der Waals surface area contributed by atoms with Crippen LogP contribution < -0.4 is 16.8 Å². The summed E-state index contributed by atoms with van der Waals surface area (Å²) >= 11 is 1.13. The van der Waals surface area contributed by atoms with E-state index in [1.54, 1.807) is 12.4 Å². The topological polar surface area (TPSA) is 107 Å². The summed E-state index contributed by atoms with van der Waals surface area (Å²) in [5.41, 5.74) is 13.3. The van der Waals surface area contributed by atoms with Crippen molar-refractivity contribution in [1.82, 2.24) is 9.36 Å². The monoisotopic (exact) mass is 263 g/mol. The maximum atomic E-state index is 11.2. The Balaban J connectivity index is 2.16. The highest BCUT2D eigenvalue weighted by atomic mass is 32.1. The number of anilines is 2. The predicted octanol–water partition coefficient (Wildman–Crippen LogP) is 1.14. The van der Waals surface area contributed by atoms with E-state index in [1.807, 2.05) is 13.0 Å². The normalized spacial score (nSPS) is 10.3. The van der Waals surface area contributed by atoms with E-state index in [9.17, 15) is 4.79 Å². The average Bonchev–Trinajstić information content (AvgIpc) is 2.69. The van der Waals surface area contributed by atoms with Crippen LogP contribution in [0.25, 0.3) is 0 Å². The molecule has 2 heterocycles. The number of nitrogens with two attached hydrogens (primary N) is 2. The van der Waals surface area contributed by atoms with Crippen LogP contribution in [0.2, 0.25) is 0 Å². The number of carbonyl (C=O) groups is 1. The highest BCUT2D eigenvalue weighted by Crippen LogP contribution is 2.26. The number of pyridine rings is 1. The molecule has 7 heteroatoms. The average molecular weight is 263 g/mol. The Kier molecular flexibility index (Phi) is 3.42. The van der Waals surface area contributed by atoms with Gasteiger partial charge in [0, 0.05) is 18.9 Å². The first-order valence-corrected chi connectivity index (χ1v) is 6.05. The Morgan fingerprint density at radius 1 is 1.56 bits per heavy atom. The van der Waals surface area contributed by atoms with Gasteiger partial charge in [-0.3, -0.25) is 9.78 Å². The SMILES string of the molecule is Cc1cnccc1CNc1snc(N)c1C(N)=O. The Labute approximate surface area is 108 Å². The third-order valence-corrected chi connectivity index (χ3v) is 3.36. The van der Waals surface area contributed by atoms with Gasteiger partial charge in [-0.1, -0.05) is 0 Å². The molecule has 0 aliphatic rings. The molecule has 0 aliphatic heterocycles. The lowest BCUT2D eigenvalue weighted by Gasteiger charge is -2.07. The minimum Gasteiger partial charge on any atom is -0.382 e. The third kappa shape index (κ3) is 2.40. The number of carbonyl (C=O) groups excluding carboxylic acids is 1. The van der Waals surface area contributed by atoms with Crippen LogP contribution >= 0.6 is 11.5 Å². The molecule has 0 unspecified atom stereocenters. The molecule has 1 amide bonds. The van der Waals surface area contributed by atoms with Crippen molar-refractivity contribution in [1.29, 1.82) is 0 Å². The number of hydrogen-bond donors (Lipinski definition) is 3. The van der Waals surface area contributed by atoms with Crippen molar-refractivity contribution < 1.29 is 4.79 Å². The number of rotatable bonds is 4. The second-order valence-corrected chi connectivity index (χ2v) is 4.57. The summed E-state index contributed by atoms with van der Waals surface area (Å²) in [6.45, 7) is 2.54. The summed E-state index contributed by atoms with van der Waals surface area (Å²) in [6, 6.07) is 1.91. The van der Waals surface area contributed by atoms with Crippen LogP contribution in [0.1, 0.15) is 21.5 Å². The van der Waals surface area contributed by atoms with Gasteiger partial charge >= 0.3 is 0 Å². The quantitative estimate of drug-likeness (QED) is 0.766. The van der Waals surface area contributed by atoms with E-state index in [0.29, 0.717) is 11.5 Å². The van der Waals surface area contributed by atoms with E-state index in [1.165, 1.54) is 0 Å². The Bertz CT molecular complexity index is 581. The molecule has 0 atom stereocenters. The molecular formula is C11H13N5OS. The molecule has 2 aromatic heterocycles. The first-order chi connectivity index (χ1) is 8.59. The minimum absolute atomic E-state index is 0.168. The zero-order valence-corrected chi connectivity index (χ0v) is 10.6. The van der Waals surface area contributed by atoms with Crippen LogP contribution in [0.3, 0.4) is 0 Å². The zero-order valence-electron chi connectivity index (χ0n) is 9.80. The van der Waals surface area contributed by atoms with E-state index in [4.69, 9.17) is 11.5 Å². The highest BCUT2D eigenvalue weighted by Gasteiger charge is 2.16. The van der Waals surface area contributed by atoms with Crippen molar-refractivity contribution in [3.05, 3.63) is 35.2 Å². The maximum Gasteiger partial charge on any atom is 0.255 e. The van der Waals surface area contributed by atoms with Crippen LogP contribution in [-0.4, -0.2) is 15.3 Å². The molecule has 18 heavy (non-hydrogen) atoms. The number of aromatic nitrogens is 2. The maximum absolute atomic E-state index is 11.2. The molecule has 2 aromatic rings. The summed E-state index contributed by atoms with van der Waals surface area (Å²) in [4.78, 5) is 15.3. The summed E-state index contributed by atoms with van der Waals surface area (Å²) < 4.78 is 3.92. The zero-order chi connectivity index (χ0) is 13.1. The Morgan fingerprint density at radius 3 is 3.00 bits per heavy atom. The van der Waals surface area contributed by atoms with Crippen molar-refractivity contribution in [2.24, 2.45) is 5.73 Å². The van der Waals surface area contributed by atoms with Gasteiger partial charge in [0.2, 0.25) is 0 Å². The standard InChI is InChI=1S/C11H13N5OS/c1-6-4-14-3-2-7(6)5-15-11-8(10(13)17)9(12)16-18-11/h2-4,15H,5H2,1H3,(H2,12,16)(H2,13,17). The van der Waals surface area contributed by atoms with Crippen LogP contribution in [0, 0.1) is 6.92 Å². The van der Waals surface area contributed by atoms with Gasteiger partial charge in [0.25, 0.3) is 5.91 Å². The molecule has 0 fully saturated rings. The number of amides is 1. The Hall–Kier alpha value is -2.15. The molecule has 0 saturated carbocycles. The van der Waals surface area contributed by atoms with Crippen molar-refractivity contribution in [2.45, 2.75) is 13.5 Å². The molecule has 0 bridgehead atoms. The summed E-state index contributed by atoms with van der Waals surface area (Å²) in [5, 5.41) is 3.71. The van der Waals surface area contributed by atoms with E-state index in [0.717, 1.165) is 22.7 Å². The van der Waals surface area contributed by atoms with E-state index < -0.39 is 5.91 Å². The first kappa shape index (κ1) is 12.3. The highest BCUT2D eigenvalue weighted by molar-refractivity contribution is 7.11. The van der Waals surface area contributed by atoms with E-state index in [2.05, 4.69) is 14.7 Å².